The number of hydrogen-bond acceptors (Lipinski definition) is 2. The molecule has 1 aliphatic heterocycles. The number of hydrogen-bond donors (Lipinski definition) is 1. The first kappa shape index (κ1) is 13.3. The van der Waals surface area contributed by atoms with E-state index in [2.05, 4.69) is 11.8 Å². The summed E-state index contributed by atoms with van der Waals surface area (Å²) in [4.78, 5) is 2.35. The number of halogens is 1. The van der Waals surface area contributed by atoms with E-state index in [1.54, 1.807) is 6.07 Å². The van der Waals surface area contributed by atoms with E-state index in [0.717, 1.165) is 37.2 Å². The first-order chi connectivity index (χ1) is 8.67. The molecular weight excluding hydrogens is 229 g/mol. The van der Waals surface area contributed by atoms with Crippen LogP contribution in [0.15, 0.2) is 18.2 Å². The van der Waals surface area contributed by atoms with Crippen molar-refractivity contribution in [2.75, 3.05) is 13.1 Å². The van der Waals surface area contributed by atoms with E-state index in [-0.39, 0.29) is 11.6 Å². The molecule has 1 aromatic rings. The van der Waals surface area contributed by atoms with Crippen molar-refractivity contribution in [2.24, 2.45) is 5.92 Å². The van der Waals surface area contributed by atoms with Gasteiger partial charge in [-0.15, -0.1) is 0 Å². The van der Waals surface area contributed by atoms with Gasteiger partial charge in [-0.1, -0.05) is 19.8 Å². The van der Waals surface area contributed by atoms with Gasteiger partial charge in [0.1, 0.15) is 11.6 Å². The van der Waals surface area contributed by atoms with Crippen LogP contribution in [0.4, 0.5) is 4.39 Å². The summed E-state index contributed by atoms with van der Waals surface area (Å²) in [7, 11) is 0. The Hall–Kier alpha value is -1.09. The van der Waals surface area contributed by atoms with Gasteiger partial charge in [0.2, 0.25) is 0 Å². The summed E-state index contributed by atoms with van der Waals surface area (Å²) < 4.78 is 13.2. The fourth-order valence-corrected chi connectivity index (χ4v) is 2.82. The Kier molecular flexibility index (Phi) is 4.59. The lowest BCUT2D eigenvalue weighted by molar-refractivity contribution is 0.171. The van der Waals surface area contributed by atoms with E-state index in [1.165, 1.54) is 31.7 Å². The number of likely N-dealkylation sites (tertiary alicyclic amines) is 1. The molecule has 0 aliphatic carbocycles. The highest BCUT2D eigenvalue weighted by molar-refractivity contribution is 5.28. The average Bonchev–Trinajstić information content (AvgIpc) is 2.31. The molecule has 1 heterocycles. The summed E-state index contributed by atoms with van der Waals surface area (Å²) in [6, 6.07) is 4.32. The molecule has 1 N–H and O–H groups in total. The van der Waals surface area contributed by atoms with Crippen molar-refractivity contribution in [2.45, 2.75) is 39.2 Å². The third-order valence-electron chi connectivity index (χ3n) is 3.75. The molecule has 18 heavy (non-hydrogen) atoms. The van der Waals surface area contributed by atoms with Crippen molar-refractivity contribution in [1.29, 1.82) is 0 Å². The molecule has 0 atom stereocenters. The van der Waals surface area contributed by atoms with Crippen molar-refractivity contribution < 1.29 is 9.50 Å². The van der Waals surface area contributed by atoms with Crippen LogP contribution >= 0.6 is 0 Å². The van der Waals surface area contributed by atoms with Crippen molar-refractivity contribution in [1.82, 2.24) is 4.90 Å². The first-order valence-electron chi connectivity index (χ1n) is 6.88. The predicted octanol–water partition coefficient (Wildman–Crippen LogP) is 3.54. The summed E-state index contributed by atoms with van der Waals surface area (Å²) >= 11 is 0. The second-order valence-corrected chi connectivity index (χ2v) is 5.33. The van der Waals surface area contributed by atoms with Gasteiger partial charge in [-0.2, -0.15) is 0 Å². The number of piperidine rings is 1. The lowest BCUT2D eigenvalue weighted by Crippen LogP contribution is -2.33. The van der Waals surface area contributed by atoms with Crippen molar-refractivity contribution >= 4 is 0 Å². The second kappa shape index (κ2) is 6.19. The van der Waals surface area contributed by atoms with Crippen molar-refractivity contribution in [3.63, 3.8) is 0 Å². The maximum Gasteiger partial charge on any atom is 0.127 e. The highest BCUT2D eigenvalue weighted by atomic mass is 19.1. The Morgan fingerprint density at radius 3 is 2.61 bits per heavy atom. The molecule has 0 aromatic heterocycles. The van der Waals surface area contributed by atoms with Gasteiger partial charge < -0.3 is 5.11 Å². The van der Waals surface area contributed by atoms with Gasteiger partial charge >= 0.3 is 0 Å². The number of rotatable bonds is 4. The molecule has 2 rings (SSSR count). The smallest absolute Gasteiger partial charge is 0.127 e. The summed E-state index contributed by atoms with van der Waals surface area (Å²) in [5, 5.41) is 9.38. The molecule has 1 saturated heterocycles. The van der Waals surface area contributed by atoms with Crippen LogP contribution in [0, 0.1) is 11.7 Å². The van der Waals surface area contributed by atoms with Crippen LogP contribution in [0.5, 0.6) is 5.75 Å². The van der Waals surface area contributed by atoms with Gasteiger partial charge in [0, 0.05) is 12.6 Å². The van der Waals surface area contributed by atoms with Crippen LogP contribution in [-0.4, -0.2) is 23.1 Å². The molecule has 0 radical (unpaired) electrons. The topological polar surface area (TPSA) is 23.5 Å². The van der Waals surface area contributed by atoms with E-state index in [9.17, 15) is 9.50 Å². The minimum Gasteiger partial charge on any atom is -0.508 e. The lowest BCUT2D eigenvalue weighted by Gasteiger charge is -2.31. The molecule has 0 unspecified atom stereocenters. The molecule has 1 fully saturated rings. The van der Waals surface area contributed by atoms with Crippen LogP contribution in [-0.2, 0) is 6.54 Å². The van der Waals surface area contributed by atoms with Gasteiger partial charge in [0.15, 0.2) is 0 Å². The third kappa shape index (κ3) is 3.70. The number of benzene rings is 1. The number of phenols is 1. The zero-order valence-electron chi connectivity index (χ0n) is 11.0. The standard InChI is InChI=1S/C15H22FNO/c1-2-3-12-4-6-17(7-5-12)11-13-8-14(16)10-15(18)9-13/h8-10,12,18H,2-7,11H2,1H3. The van der Waals surface area contributed by atoms with Crippen LogP contribution in [0.25, 0.3) is 0 Å². The van der Waals surface area contributed by atoms with E-state index in [4.69, 9.17) is 0 Å². The zero-order chi connectivity index (χ0) is 13.0. The number of aromatic hydroxyl groups is 1. The fraction of sp³-hybridized carbons (Fsp3) is 0.600. The summed E-state index contributed by atoms with van der Waals surface area (Å²) in [6.45, 7) is 5.15. The molecule has 0 spiro atoms. The molecule has 1 aromatic carbocycles. The van der Waals surface area contributed by atoms with Crippen LogP contribution in [0.3, 0.4) is 0 Å². The number of phenolic OH excluding ortho intramolecular Hbond substituents is 1. The normalized spacial score (nSPS) is 18.1. The van der Waals surface area contributed by atoms with Crippen molar-refractivity contribution in [3.8, 4) is 5.75 Å². The molecule has 2 nitrogen and oxygen atoms in total. The minimum absolute atomic E-state index is 0.0193. The maximum atomic E-state index is 13.2. The van der Waals surface area contributed by atoms with Crippen LogP contribution < -0.4 is 0 Å². The minimum atomic E-state index is -0.356. The Bertz CT molecular complexity index is 366. The fourth-order valence-electron chi connectivity index (χ4n) is 2.82. The maximum absolute atomic E-state index is 13.2. The van der Waals surface area contributed by atoms with Crippen LogP contribution in [0.2, 0.25) is 0 Å². The molecule has 100 valence electrons. The first-order valence-corrected chi connectivity index (χ1v) is 6.88. The quantitative estimate of drug-likeness (QED) is 0.884. The lowest BCUT2D eigenvalue weighted by atomic mass is 9.92. The summed E-state index contributed by atoms with van der Waals surface area (Å²) in [5.74, 6) is 0.531. The Morgan fingerprint density at radius 1 is 1.28 bits per heavy atom. The van der Waals surface area contributed by atoms with Crippen molar-refractivity contribution in [3.05, 3.63) is 29.6 Å². The summed E-state index contributed by atoms with van der Waals surface area (Å²) in [6.07, 6.45) is 5.08. The van der Waals surface area contributed by atoms with E-state index in [0.29, 0.717) is 0 Å². The average molecular weight is 251 g/mol. The van der Waals surface area contributed by atoms with Gasteiger partial charge in [-0.3, -0.25) is 4.90 Å². The van der Waals surface area contributed by atoms with Crippen LogP contribution in [0.1, 0.15) is 38.2 Å². The second-order valence-electron chi connectivity index (χ2n) is 5.33. The van der Waals surface area contributed by atoms with Gasteiger partial charge in [0.05, 0.1) is 0 Å². The molecule has 0 bridgehead atoms. The predicted molar refractivity (Wildman–Crippen MR) is 71.0 cm³/mol. The Balaban J connectivity index is 1.87. The third-order valence-corrected chi connectivity index (χ3v) is 3.75. The van der Waals surface area contributed by atoms with Gasteiger partial charge in [0.25, 0.3) is 0 Å². The highest BCUT2D eigenvalue weighted by Gasteiger charge is 2.18. The largest absolute Gasteiger partial charge is 0.508 e. The Morgan fingerprint density at radius 2 is 2.00 bits per heavy atom. The number of nitrogens with zero attached hydrogens (tertiary/aromatic N) is 1. The van der Waals surface area contributed by atoms with Gasteiger partial charge in [-0.25, -0.2) is 4.39 Å². The molecule has 0 saturated carbocycles. The molecule has 1 aliphatic rings. The zero-order valence-corrected chi connectivity index (χ0v) is 11.0. The van der Waals surface area contributed by atoms with E-state index >= 15 is 0 Å². The SMILES string of the molecule is CCCC1CCN(Cc2cc(O)cc(F)c2)CC1. The molecular formula is C15H22FNO. The Labute approximate surface area is 108 Å². The van der Waals surface area contributed by atoms with E-state index in [1.807, 2.05) is 0 Å². The van der Waals surface area contributed by atoms with Gasteiger partial charge in [-0.05, 0) is 49.5 Å². The summed E-state index contributed by atoms with van der Waals surface area (Å²) in [5.41, 5.74) is 0.862. The highest BCUT2D eigenvalue weighted by Crippen LogP contribution is 2.23. The molecule has 3 heteroatoms. The van der Waals surface area contributed by atoms with E-state index < -0.39 is 0 Å². The monoisotopic (exact) mass is 251 g/mol. The molecule has 0 amide bonds.